The van der Waals surface area contributed by atoms with Crippen LogP contribution in [0.15, 0.2) is 95.3 Å². The third-order valence-electron chi connectivity index (χ3n) is 5.77. The lowest BCUT2D eigenvalue weighted by Crippen LogP contribution is -2.33. The topological polar surface area (TPSA) is 62.1 Å². The molecule has 0 spiro atoms. The van der Waals surface area contributed by atoms with Crippen molar-refractivity contribution < 1.29 is 14.6 Å². The number of carboxylic acids is 1. The number of hydrogen-bond acceptors (Lipinski definition) is 5. The zero-order chi connectivity index (χ0) is 24.5. The maximum atomic E-state index is 12.4. The molecule has 5 rings (SSSR count). The maximum absolute atomic E-state index is 12.4. The van der Waals surface area contributed by atoms with E-state index in [0.717, 1.165) is 16.0 Å². The van der Waals surface area contributed by atoms with Crippen molar-refractivity contribution in [3.05, 3.63) is 117 Å². The molecule has 5 nitrogen and oxygen atoms in total. The van der Waals surface area contributed by atoms with Crippen LogP contribution in [0.1, 0.15) is 29.7 Å². The zero-order valence-corrected chi connectivity index (χ0v) is 20.9. The number of benzene rings is 3. The van der Waals surface area contributed by atoms with Crippen molar-refractivity contribution in [1.82, 2.24) is 4.90 Å². The van der Waals surface area contributed by atoms with Gasteiger partial charge >= 0.3 is 5.97 Å². The van der Waals surface area contributed by atoms with E-state index in [9.17, 15) is 9.90 Å². The minimum Gasteiger partial charge on any atom is -0.489 e. The highest BCUT2D eigenvalue weighted by Gasteiger charge is 2.40. The minimum atomic E-state index is -1.03. The average molecular weight is 523 g/mol. The Morgan fingerprint density at radius 3 is 2.43 bits per heavy atom. The van der Waals surface area contributed by atoms with Crippen LogP contribution in [0.2, 0.25) is 10.0 Å². The Morgan fingerprint density at radius 1 is 1.03 bits per heavy atom. The maximum Gasteiger partial charge on any atom is 0.335 e. The van der Waals surface area contributed by atoms with Gasteiger partial charge in [-0.3, -0.25) is 0 Å². The van der Waals surface area contributed by atoms with Crippen LogP contribution in [0, 0.1) is 0 Å². The first kappa shape index (κ1) is 23.5. The Labute approximate surface area is 217 Å². The number of ether oxygens (including phenoxy) is 1. The van der Waals surface area contributed by atoms with Crippen molar-refractivity contribution in [2.75, 3.05) is 0 Å². The number of rotatable bonds is 6. The summed E-state index contributed by atoms with van der Waals surface area (Å²) >= 11 is 14.4. The molecule has 2 heterocycles. The van der Waals surface area contributed by atoms with E-state index in [-0.39, 0.29) is 5.57 Å². The molecule has 0 amide bonds. The molecule has 0 radical (unpaired) electrons. The summed E-state index contributed by atoms with van der Waals surface area (Å²) in [6, 6.07) is 22.0. The van der Waals surface area contributed by atoms with Crippen molar-refractivity contribution in [3.63, 3.8) is 0 Å². The Balaban J connectivity index is 1.58. The molecule has 0 aromatic heterocycles. The molecule has 0 unspecified atom stereocenters. The summed E-state index contributed by atoms with van der Waals surface area (Å²) in [5.41, 5.74) is 3.08. The molecule has 1 N–H and O–H groups in total. The number of thioether (sulfide) groups is 1. The van der Waals surface area contributed by atoms with Crippen LogP contribution >= 0.6 is 35.0 Å². The molecule has 8 heteroatoms. The third-order valence-corrected chi connectivity index (χ3v) is 7.42. The summed E-state index contributed by atoms with van der Waals surface area (Å²) in [5, 5.41) is 11.9. The molecule has 3 aromatic carbocycles. The van der Waals surface area contributed by atoms with Gasteiger partial charge in [0.1, 0.15) is 12.4 Å². The van der Waals surface area contributed by atoms with Crippen molar-refractivity contribution in [2.24, 2.45) is 4.99 Å². The van der Waals surface area contributed by atoms with Gasteiger partial charge in [-0.25, -0.2) is 9.79 Å². The lowest BCUT2D eigenvalue weighted by molar-refractivity contribution is -0.133. The fraction of sp³-hybridized carbons (Fsp3) is 0.111. The smallest absolute Gasteiger partial charge is 0.335 e. The lowest BCUT2D eigenvalue weighted by Gasteiger charge is -2.33. The number of carbonyl (C=O) groups is 1. The molecule has 0 saturated heterocycles. The summed E-state index contributed by atoms with van der Waals surface area (Å²) < 4.78 is 6.19. The van der Waals surface area contributed by atoms with E-state index in [1.54, 1.807) is 25.1 Å². The molecular formula is C27H20Cl2N2O3S. The van der Waals surface area contributed by atoms with Gasteiger partial charge in [-0.05, 0) is 42.4 Å². The van der Waals surface area contributed by atoms with Gasteiger partial charge in [0, 0.05) is 22.2 Å². The van der Waals surface area contributed by atoms with Crippen molar-refractivity contribution in [2.45, 2.75) is 19.6 Å². The van der Waals surface area contributed by atoms with Crippen LogP contribution in [-0.4, -0.2) is 21.1 Å². The van der Waals surface area contributed by atoms with E-state index in [1.807, 2.05) is 65.7 Å². The highest BCUT2D eigenvalue weighted by Crippen LogP contribution is 2.50. The molecule has 3 aromatic rings. The second-order valence-electron chi connectivity index (χ2n) is 8.01. The number of fused-ring (bicyclic) bond motifs is 1. The number of carboxylic acid groups (broad SMARTS) is 1. The summed E-state index contributed by atoms with van der Waals surface area (Å²) in [4.78, 5) is 19.7. The largest absolute Gasteiger partial charge is 0.489 e. The standard InChI is InChI=1S/C27H20Cl2N2O3S/c1-16-23(26(32)33)25(18-10-5-6-13-21(18)34-15-17-8-3-2-4-9-17)31-14-22(35-27(31)30-16)24-19(28)11-7-12-20(24)29/h2-14,25H,15H2,1H3,(H,32,33)/t25-/m0/s1. The monoisotopic (exact) mass is 522 g/mol. The summed E-state index contributed by atoms with van der Waals surface area (Å²) in [5.74, 6) is -0.424. The fourth-order valence-corrected chi connectivity index (χ4v) is 6.01. The van der Waals surface area contributed by atoms with E-state index < -0.39 is 12.0 Å². The van der Waals surface area contributed by atoms with Crippen LogP contribution in [0.3, 0.4) is 0 Å². The molecule has 0 aliphatic carbocycles. The summed E-state index contributed by atoms with van der Waals surface area (Å²) in [7, 11) is 0. The SMILES string of the molecule is CC1=C(C(=O)O)[C@H](c2ccccc2OCc2ccccc2)N2C=C(c3c(Cl)cccc3Cl)SC2=N1. The third kappa shape index (κ3) is 4.57. The first-order valence-electron chi connectivity index (χ1n) is 10.8. The highest BCUT2D eigenvalue weighted by atomic mass is 35.5. The van der Waals surface area contributed by atoms with E-state index >= 15 is 0 Å². The molecule has 0 saturated carbocycles. The fourth-order valence-electron chi connectivity index (χ4n) is 4.16. The molecule has 1 atom stereocenters. The van der Waals surface area contributed by atoms with Gasteiger partial charge in [0.25, 0.3) is 0 Å². The number of aliphatic carboxylic acids is 1. The van der Waals surface area contributed by atoms with Crippen LogP contribution in [0.4, 0.5) is 0 Å². The average Bonchev–Trinajstić information content (AvgIpc) is 3.25. The van der Waals surface area contributed by atoms with Crippen molar-refractivity contribution in [3.8, 4) is 5.75 Å². The van der Waals surface area contributed by atoms with Gasteiger partial charge < -0.3 is 14.7 Å². The second kappa shape index (κ2) is 9.82. The van der Waals surface area contributed by atoms with Gasteiger partial charge in [0.05, 0.1) is 27.4 Å². The van der Waals surface area contributed by atoms with Gasteiger partial charge in [0.15, 0.2) is 5.17 Å². The second-order valence-corrected chi connectivity index (χ2v) is 9.84. The number of allylic oxidation sites excluding steroid dienone is 1. The van der Waals surface area contributed by atoms with E-state index in [2.05, 4.69) is 4.99 Å². The van der Waals surface area contributed by atoms with Crippen LogP contribution < -0.4 is 4.74 Å². The summed E-state index contributed by atoms with van der Waals surface area (Å²) in [6.45, 7) is 2.08. The van der Waals surface area contributed by atoms with Crippen LogP contribution in [0.25, 0.3) is 4.91 Å². The molecule has 2 aliphatic rings. The Morgan fingerprint density at radius 2 is 1.71 bits per heavy atom. The van der Waals surface area contributed by atoms with E-state index in [4.69, 9.17) is 27.9 Å². The number of para-hydroxylation sites is 1. The number of amidine groups is 1. The molecule has 2 aliphatic heterocycles. The van der Waals surface area contributed by atoms with Gasteiger partial charge in [-0.2, -0.15) is 0 Å². The Bertz CT molecular complexity index is 1380. The van der Waals surface area contributed by atoms with Gasteiger partial charge in [0.2, 0.25) is 0 Å². The molecule has 0 fully saturated rings. The van der Waals surface area contributed by atoms with E-state index in [0.29, 0.717) is 38.8 Å². The summed E-state index contributed by atoms with van der Waals surface area (Å²) in [6.07, 6.45) is 1.87. The Kier molecular flexibility index (Phi) is 6.60. The predicted molar refractivity (Wildman–Crippen MR) is 142 cm³/mol. The number of nitrogens with zero attached hydrogens (tertiary/aromatic N) is 2. The minimum absolute atomic E-state index is 0.188. The molecule has 35 heavy (non-hydrogen) atoms. The first-order chi connectivity index (χ1) is 16.9. The highest BCUT2D eigenvalue weighted by molar-refractivity contribution is 8.22. The van der Waals surface area contributed by atoms with Gasteiger partial charge in [-0.1, -0.05) is 77.8 Å². The first-order valence-corrected chi connectivity index (χ1v) is 12.4. The normalized spacial score (nSPS) is 17.1. The zero-order valence-electron chi connectivity index (χ0n) is 18.6. The number of hydrogen-bond donors (Lipinski definition) is 1. The van der Waals surface area contributed by atoms with Crippen LogP contribution in [-0.2, 0) is 11.4 Å². The van der Waals surface area contributed by atoms with Crippen molar-refractivity contribution in [1.29, 1.82) is 0 Å². The van der Waals surface area contributed by atoms with E-state index in [1.165, 1.54) is 11.8 Å². The molecule has 0 bridgehead atoms. The number of aliphatic imine (C=N–C) groups is 1. The molecule has 176 valence electrons. The Hall–Kier alpha value is -3.19. The quantitative estimate of drug-likeness (QED) is 0.365. The van der Waals surface area contributed by atoms with Gasteiger partial charge in [-0.15, -0.1) is 0 Å². The van der Waals surface area contributed by atoms with Crippen molar-refractivity contribution >= 4 is 51.0 Å². The predicted octanol–water partition coefficient (Wildman–Crippen LogP) is 7.39. The lowest BCUT2D eigenvalue weighted by atomic mass is 9.94. The van der Waals surface area contributed by atoms with Crippen LogP contribution in [0.5, 0.6) is 5.75 Å². The molecular weight excluding hydrogens is 503 g/mol. The number of halogens is 2.